The molecule has 0 atom stereocenters. The van der Waals surface area contributed by atoms with E-state index in [1.54, 1.807) is 0 Å². The number of fused-ring (bicyclic) bond motifs is 1. The summed E-state index contributed by atoms with van der Waals surface area (Å²) in [5, 5.41) is 3.81. The average Bonchev–Trinajstić information content (AvgIpc) is 2.64. The number of ether oxygens (including phenoxy) is 1. The quantitative estimate of drug-likeness (QED) is 0.667. The van der Waals surface area contributed by atoms with Gasteiger partial charge in [0.25, 0.3) is 0 Å². The molecule has 0 fully saturated rings. The van der Waals surface area contributed by atoms with Crippen LogP contribution in [0.3, 0.4) is 0 Å². The lowest BCUT2D eigenvalue weighted by Gasteiger charge is -2.06. The second-order valence-electron chi connectivity index (χ2n) is 3.79. The second kappa shape index (κ2) is 5.34. The highest BCUT2D eigenvalue weighted by Gasteiger charge is 2.17. The Labute approximate surface area is 103 Å². The standard InChI is InChI=1S/C12H14BrNO2/c13-5-1-2-6-16-10-3-4-11-9(7-10)8-12(15)14-11/h3-4,7H,1-2,5-6,8H2,(H,14,15). The van der Waals surface area contributed by atoms with Crippen LogP contribution in [0.5, 0.6) is 5.75 Å². The predicted molar refractivity (Wildman–Crippen MR) is 67.3 cm³/mol. The van der Waals surface area contributed by atoms with Crippen molar-refractivity contribution in [3.63, 3.8) is 0 Å². The minimum Gasteiger partial charge on any atom is -0.494 e. The molecule has 1 aliphatic rings. The Kier molecular flexibility index (Phi) is 3.83. The van der Waals surface area contributed by atoms with Crippen LogP contribution >= 0.6 is 15.9 Å². The SMILES string of the molecule is O=C1Cc2cc(OCCCCBr)ccc2N1. The molecule has 3 nitrogen and oxygen atoms in total. The Hall–Kier alpha value is -1.03. The monoisotopic (exact) mass is 283 g/mol. The fourth-order valence-corrected chi connectivity index (χ4v) is 2.08. The van der Waals surface area contributed by atoms with Gasteiger partial charge in [0.2, 0.25) is 5.91 Å². The zero-order valence-electron chi connectivity index (χ0n) is 8.96. The highest BCUT2D eigenvalue weighted by Crippen LogP contribution is 2.27. The van der Waals surface area contributed by atoms with E-state index in [2.05, 4.69) is 21.2 Å². The first kappa shape index (κ1) is 11.5. The summed E-state index contributed by atoms with van der Waals surface area (Å²) in [6.07, 6.45) is 2.62. The minimum atomic E-state index is 0.0615. The molecule has 0 unspecified atom stereocenters. The Morgan fingerprint density at radius 3 is 3.06 bits per heavy atom. The minimum absolute atomic E-state index is 0.0615. The smallest absolute Gasteiger partial charge is 0.228 e. The van der Waals surface area contributed by atoms with Crippen molar-refractivity contribution in [2.75, 3.05) is 17.3 Å². The fourth-order valence-electron chi connectivity index (χ4n) is 1.68. The lowest BCUT2D eigenvalue weighted by atomic mass is 10.1. The number of carbonyl (C=O) groups excluding carboxylic acids is 1. The lowest BCUT2D eigenvalue weighted by Crippen LogP contribution is -2.03. The molecule has 0 aromatic heterocycles. The molecule has 0 spiro atoms. The van der Waals surface area contributed by atoms with E-state index in [9.17, 15) is 4.79 Å². The zero-order chi connectivity index (χ0) is 11.4. The van der Waals surface area contributed by atoms with E-state index in [0.29, 0.717) is 6.42 Å². The van der Waals surface area contributed by atoms with Crippen LogP contribution in [0.2, 0.25) is 0 Å². The molecule has 0 aliphatic carbocycles. The highest BCUT2D eigenvalue weighted by atomic mass is 79.9. The van der Waals surface area contributed by atoms with Crippen molar-refractivity contribution in [3.05, 3.63) is 23.8 Å². The van der Waals surface area contributed by atoms with Crippen molar-refractivity contribution in [2.24, 2.45) is 0 Å². The number of nitrogens with one attached hydrogen (secondary N) is 1. The fraction of sp³-hybridized carbons (Fsp3) is 0.417. The van der Waals surface area contributed by atoms with Gasteiger partial charge in [-0.2, -0.15) is 0 Å². The first-order valence-corrected chi connectivity index (χ1v) is 6.53. The van der Waals surface area contributed by atoms with Crippen molar-refractivity contribution in [2.45, 2.75) is 19.3 Å². The van der Waals surface area contributed by atoms with E-state index in [-0.39, 0.29) is 5.91 Å². The second-order valence-corrected chi connectivity index (χ2v) is 4.58. The zero-order valence-corrected chi connectivity index (χ0v) is 10.5. The number of unbranched alkanes of at least 4 members (excludes halogenated alkanes) is 1. The van der Waals surface area contributed by atoms with Crippen LogP contribution in [0.1, 0.15) is 18.4 Å². The van der Waals surface area contributed by atoms with Crippen molar-refractivity contribution >= 4 is 27.5 Å². The van der Waals surface area contributed by atoms with Gasteiger partial charge in [-0.25, -0.2) is 0 Å². The van der Waals surface area contributed by atoms with Gasteiger partial charge in [-0.1, -0.05) is 15.9 Å². The Bertz CT molecular complexity index is 393. The third-order valence-corrected chi connectivity index (χ3v) is 3.06. The van der Waals surface area contributed by atoms with Crippen LogP contribution in [0, 0.1) is 0 Å². The number of carbonyl (C=O) groups is 1. The summed E-state index contributed by atoms with van der Waals surface area (Å²) >= 11 is 3.38. The molecule has 1 amide bonds. The van der Waals surface area contributed by atoms with Gasteiger partial charge in [0, 0.05) is 11.0 Å². The van der Waals surface area contributed by atoms with Gasteiger partial charge in [-0.3, -0.25) is 4.79 Å². The Morgan fingerprint density at radius 2 is 2.25 bits per heavy atom. The van der Waals surface area contributed by atoms with Crippen molar-refractivity contribution in [1.29, 1.82) is 0 Å². The number of anilines is 1. The molecule has 0 radical (unpaired) electrons. The molecule has 1 aliphatic heterocycles. The van der Waals surface area contributed by atoms with Gasteiger partial charge in [0.1, 0.15) is 5.75 Å². The van der Waals surface area contributed by atoms with Gasteiger partial charge in [0.05, 0.1) is 13.0 Å². The summed E-state index contributed by atoms with van der Waals surface area (Å²) in [5.41, 5.74) is 1.95. The predicted octanol–water partition coefficient (Wildman–Crippen LogP) is 2.74. The topological polar surface area (TPSA) is 38.3 Å². The molecule has 16 heavy (non-hydrogen) atoms. The Morgan fingerprint density at radius 1 is 1.38 bits per heavy atom. The van der Waals surface area contributed by atoms with E-state index in [1.807, 2.05) is 18.2 Å². The molecule has 86 valence electrons. The Balaban J connectivity index is 1.92. The summed E-state index contributed by atoms with van der Waals surface area (Å²) < 4.78 is 5.61. The largest absolute Gasteiger partial charge is 0.494 e. The number of halogens is 1. The normalized spacial score (nSPS) is 13.4. The highest BCUT2D eigenvalue weighted by molar-refractivity contribution is 9.09. The number of hydrogen-bond acceptors (Lipinski definition) is 2. The molecule has 1 N–H and O–H groups in total. The molecule has 1 aromatic rings. The third-order valence-electron chi connectivity index (χ3n) is 2.50. The van der Waals surface area contributed by atoms with Crippen LogP contribution in [-0.2, 0) is 11.2 Å². The van der Waals surface area contributed by atoms with Crippen LogP contribution in [0.25, 0.3) is 0 Å². The van der Waals surface area contributed by atoms with E-state index < -0.39 is 0 Å². The summed E-state index contributed by atoms with van der Waals surface area (Å²) in [5.74, 6) is 0.913. The maximum absolute atomic E-state index is 11.2. The number of alkyl halides is 1. The summed E-state index contributed by atoms with van der Waals surface area (Å²) in [4.78, 5) is 11.2. The van der Waals surface area contributed by atoms with Gasteiger partial charge >= 0.3 is 0 Å². The molecule has 1 aromatic carbocycles. The number of rotatable bonds is 5. The molecule has 0 saturated heterocycles. The van der Waals surface area contributed by atoms with E-state index >= 15 is 0 Å². The molecule has 1 heterocycles. The summed E-state index contributed by atoms with van der Waals surface area (Å²) in [7, 11) is 0. The summed E-state index contributed by atoms with van der Waals surface area (Å²) in [6.45, 7) is 0.728. The first-order valence-electron chi connectivity index (χ1n) is 5.41. The maximum atomic E-state index is 11.2. The van der Waals surface area contributed by atoms with Gasteiger partial charge in [-0.15, -0.1) is 0 Å². The van der Waals surface area contributed by atoms with E-state index in [1.165, 1.54) is 0 Å². The van der Waals surface area contributed by atoms with Gasteiger partial charge in [0.15, 0.2) is 0 Å². The van der Waals surface area contributed by atoms with Crippen LogP contribution in [0.15, 0.2) is 18.2 Å². The number of benzene rings is 1. The van der Waals surface area contributed by atoms with E-state index in [4.69, 9.17) is 4.74 Å². The average molecular weight is 284 g/mol. The maximum Gasteiger partial charge on any atom is 0.228 e. The van der Waals surface area contributed by atoms with Gasteiger partial charge in [-0.05, 0) is 36.6 Å². The van der Waals surface area contributed by atoms with Crippen molar-refractivity contribution in [3.8, 4) is 5.75 Å². The van der Waals surface area contributed by atoms with E-state index in [0.717, 1.165) is 41.8 Å². The first-order chi connectivity index (χ1) is 7.79. The third kappa shape index (κ3) is 2.76. The molecule has 4 heteroatoms. The van der Waals surface area contributed by atoms with Crippen LogP contribution in [0.4, 0.5) is 5.69 Å². The molecule has 0 bridgehead atoms. The van der Waals surface area contributed by atoms with Gasteiger partial charge < -0.3 is 10.1 Å². The number of hydrogen-bond donors (Lipinski definition) is 1. The molecule has 0 saturated carbocycles. The van der Waals surface area contributed by atoms with Crippen molar-refractivity contribution < 1.29 is 9.53 Å². The molecular weight excluding hydrogens is 270 g/mol. The van der Waals surface area contributed by atoms with Crippen LogP contribution in [-0.4, -0.2) is 17.8 Å². The lowest BCUT2D eigenvalue weighted by molar-refractivity contribution is -0.115. The molecular formula is C12H14BrNO2. The summed E-state index contributed by atoms with van der Waals surface area (Å²) in [6, 6.07) is 5.75. The van der Waals surface area contributed by atoms with Crippen LogP contribution < -0.4 is 10.1 Å². The van der Waals surface area contributed by atoms with Crippen molar-refractivity contribution in [1.82, 2.24) is 0 Å². The number of amides is 1. The molecule has 2 rings (SSSR count).